The zero-order valence-corrected chi connectivity index (χ0v) is 12.9. The van der Waals surface area contributed by atoms with Crippen molar-refractivity contribution in [3.63, 3.8) is 0 Å². The normalized spacial score (nSPS) is 14.9. The number of nitriles is 1. The molecule has 0 N–H and O–H groups in total. The third-order valence-electron chi connectivity index (χ3n) is 3.39. The molecule has 0 saturated carbocycles. The van der Waals surface area contributed by atoms with Crippen molar-refractivity contribution in [2.24, 2.45) is 0 Å². The average Bonchev–Trinajstić information content (AvgIpc) is 2.80. The number of ether oxygens (including phenoxy) is 2. The van der Waals surface area contributed by atoms with Crippen molar-refractivity contribution >= 4 is 23.5 Å². The van der Waals surface area contributed by atoms with Crippen LogP contribution in [0.1, 0.15) is 33.2 Å². The molecular formula is C16H14N2O5. The molecule has 0 saturated heterocycles. The first-order valence-electron chi connectivity index (χ1n) is 6.78. The van der Waals surface area contributed by atoms with Crippen molar-refractivity contribution < 1.29 is 23.9 Å². The number of esters is 2. The summed E-state index contributed by atoms with van der Waals surface area (Å²) in [6.45, 7) is 1.72. The molecule has 1 amide bonds. The smallest absolute Gasteiger partial charge is 0.351 e. The predicted octanol–water partition coefficient (Wildman–Crippen LogP) is 1.36. The number of rotatable bonds is 3. The summed E-state index contributed by atoms with van der Waals surface area (Å²) >= 11 is 0. The van der Waals surface area contributed by atoms with Gasteiger partial charge in [0.05, 0.1) is 25.0 Å². The molecule has 1 aliphatic rings. The molecule has 1 aliphatic heterocycles. The van der Waals surface area contributed by atoms with E-state index < -0.39 is 11.9 Å². The van der Waals surface area contributed by atoms with Gasteiger partial charge in [0.2, 0.25) is 0 Å². The predicted molar refractivity (Wildman–Crippen MR) is 79.0 cm³/mol. The highest BCUT2D eigenvalue weighted by Crippen LogP contribution is 2.34. The lowest BCUT2D eigenvalue weighted by Gasteiger charge is -2.13. The van der Waals surface area contributed by atoms with Gasteiger partial charge in [0.25, 0.3) is 5.91 Å². The fourth-order valence-electron chi connectivity index (χ4n) is 2.34. The van der Waals surface area contributed by atoms with E-state index in [9.17, 15) is 19.6 Å². The number of hydrogen-bond acceptors (Lipinski definition) is 6. The molecule has 0 aromatic heterocycles. The average molecular weight is 314 g/mol. The first-order chi connectivity index (χ1) is 11.0. The topological polar surface area (TPSA) is 96.7 Å². The van der Waals surface area contributed by atoms with Gasteiger partial charge in [-0.25, -0.2) is 9.59 Å². The maximum atomic E-state index is 12.3. The van der Waals surface area contributed by atoms with E-state index in [1.807, 2.05) is 0 Å². The van der Waals surface area contributed by atoms with Gasteiger partial charge < -0.3 is 14.4 Å². The van der Waals surface area contributed by atoms with Crippen LogP contribution in [-0.4, -0.2) is 43.5 Å². The Hall–Kier alpha value is -3.14. The largest absolute Gasteiger partial charge is 0.465 e. The van der Waals surface area contributed by atoms with Gasteiger partial charge >= 0.3 is 11.9 Å². The minimum Gasteiger partial charge on any atom is -0.465 e. The fourth-order valence-corrected chi connectivity index (χ4v) is 2.34. The summed E-state index contributed by atoms with van der Waals surface area (Å²) in [5.41, 5.74) is 0.672. The van der Waals surface area contributed by atoms with Gasteiger partial charge in [0.15, 0.2) is 5.57 Å². The molecule has 1 aromatic carbocycles. The lowest BCUT2D eigenvalue weighted by Crippen LogP contribution is -2.20. The Morgan fingerprint density at radius 3 is 2.57 bits per heavy atom. The molecule has 0 unspecified atom stereocenters. The summed E-state index contributed by atoms with van der Waals surface area (Å²) in [5, 5.41) is 9.30. The summed E-state index contributed by atoms with van der Waals surface area (Å²) in [5.74, 6) is -1.77. The number of carbonyl (C=O) groups excluding carboxylic acids is 3. The van der Waals surface area contributed by atoms with Crippen LogP contribution in [0.3, 0.4) is 0 Å². The van der Waals surface area contributed by atoms with E-state index in [-0.39, 0.29) is 29.3 Å². The summed E-state index contributed by atoms with van der Waals surface area (Å²) in [6, 6.07) is 6.12. The Morgan fingerprint density at radius 1 is 1.30 bits per heavy atom. The second-order valence-electron chi connectivity index (χ2n) is 4.67. The zero-order valence-electron chi connectivity index (χ0n) is 12.9. The number of carbonyl (C=O) groups is 3. The summed E-state index contributed by atoms with van der Waals surface area (Å²) < 4.78 is 9.50. The van der Waals surface area contributed by atoms with Gasteiger partial charge in [0, 0.05) is 18.2 Å². The molecule has 0 spiro atoms. The van der Waals surface area contributed by atoms with Crippen LogP contribution in [-0.2, 0) is 14.3 Å². The van der Waals surface area contributed by atoms with E-state index in [4.69, 9.17) is 4.74 Å². The lowest BCUT2D eigenvalue weighted by molar-refractivity contribution is -0.137. The van der Waals surface area contributed by atoms with Gasteiger partial charge in [-0.3, -0.25) is 4.79 Å². The molecule has 1 aromatic rings. The van der Waals surface area contributed by atoms with E-state index in [0.29, 0.717) is 11.1 Å². The van der Waals surface area contributed by atoms with Gasteiger partial charge in [-0.2, -0.15) is 5.26 Å². The Morgan fingerprint density at radius 2 is 2.00 bits per heavy atom. The molecule has 0 atom stereocenters. The standard InChI is InChI=1S/C16H14N2O5/c1-4-23-16(21)12(8-17)13-11-7-9(15(20)22-3)5-6-10(11)14(19)18(13)2/h5-7H,4H2,1-3H3/b13-12-. The molecule has 2 rings (SSSR count). The summed E-state index contributed by atoms with van der Waals surface area (Å²) in [6.07, 6.45) is 0. The van der Waals surface area contributed by atoms with Crippen molar-refractivity contribution in [3.8, 4) is 6.07 Å². The van der Waals surface area contributed by atoms with E-state index in [1.54, 1.807) is 13.0 Å². The number of methoxy groups -OCH3 is 1. The van der Waals surface area contributed by atoms with Crippen molar-refractivity contribution in [2.45, 2.75) is 6.92 Å². The quantitative estimate of drug-likeness (QED) is 0.475. The second kappa shape index (κ2) is 6.32. The third kappa shape index (κ3) is 2.66. The maximum absolute atomic E-state index is 12.3. The molecule has 7 heteroatoms. The third-order valence-corrected chi connectivity index (χ3v) is 3.39. The van der Waals surface area contributed by atoms with E-state index in [2.05, 4.69) is 4.74 Å². The Labute approximate surface area is 132 Å². The van der Waals surface area contributed by atoms with Crippen LogP contribution in [0.4, 0.5) is 0 Å². The van der Waals surface area contributed by atoms with Crippen molar-refractivity contribution in [1.82, 2.24) is 4.90 Å². The maximum Gasteiger partial charge on any atom is 0.351 e. The molecule has 0 bridgehead atoms. The number of amides is 1. The molecule has 0 aliphatic carbocycles. The fraction of sp³-hybridized carbons (Fsp3) is 0.250. The number of fused-ring (bicyclic) bond motifs is 1. The molecule has 0 fully saturated rings. The number of nitrogens with zero attached hydrogens (tertiary/aromatic N) is 2. The van der Waals surface area contributed by atoms with Gasteiger partial charge in [0.1, 0.15) is 6.07 Å². The molecule has 0 radical (unpaired) electrons. The van der Waals surface area contributed by atoms with Gasteiger partial charge in [-0.15, -0.1) is 0 Å². The van der Waals surface area contributed by atoms with E-state index in [0.717, 1.165) is 0 Å². The van der Waals surface area contributed by atoms with Gasteiger partial charge in [-0.1, -0.05) is 0 Å². The monoisotopic (exact) mass is 314 g/mol. The first kappa shape index (κ1) is 16.2. The summed E-state index contributed by atoms with van der Waals surface area (Å²) in [4.78, 5) is 37.1. The molecule has 7 nitrogen and oxygen atoms in total. The number of hydrogen-bond donors (Lipinski definition) is 0. The highest BCUT2D eigenvalue weighted by molar-refractivity contribution is 6.15. The SMILES string of the molecule is CCOC(=O)/C(C#N)=C1/c2cc(C(=O)OC)ccc2C(=O)N1C. The van der Waals surface area contributed by atoms with Crippen molar-refractivity contribution in [3.05, 3.63) is 40.5 Å². The summed E-state index contributed by atoms with van der Waals surface area (Å²) in [7, 11) is 2.69. The first-order valence-corrected chi connectivity index (χ1v) is 6.78. The van der Waals surface area contributed by atoms with Crippen LogP contribution in [0.15, 0.2) is 23.8 Å². The van der Waals surface area contributed by atoms with Crippen molar-refractivity contribution in [2.75, 3.05) is 20.8 Å². The van der Waals surface area contributed by atoms with Crippen LogP contribution in [0.2, 0.25) is 0 Å². The Bertz CT molecular complexity index is 773. The van der Waals surface area contributed by atoms with Crippen LogP contribution >= 0.6 is 0 Å². The van der Waals surface area contributed by atoms with Crippen LogP contribution in [0.5, 0.6) is 0 Å². The number of benzene rings is 1. The minimum atomic E-state index is -0.819. The van der Waals surface area contributed by atoms with Crippen LogP contribution < -0.4 is 0 Å². The molecular weight excluding hydrogens is 300 g/mol. The Kier molecular flexibility index (Phi) is 4.46. The highest BCUT2D eigenvalue weighted by atomic mass is 16.5. The Balaban J connectivity index is 2.69. The van der Waals surface area contributed by atoms with Crippen LogP contribution in [0.25, 0.3) is 5.70 Å². The minimum absolute atomic E-state index is 0.101. The van der Waals surface area contributed by atoms with Crippen LogP contribution in [0, 0.1) is 11.3 Å². The second-order valence-corrected chi connectivity index (χ2v) is 4.67. The molecule has 1 heterocycles. The molecule has 23 heavy (non-hydrogen) atoms. The van der Waals surface area contributed by atoms with Gasteiger partial charge in [-0.05, 0) is 25.1 Å². The zero-order chi connectivity index (χ0) is 17.1. The van der Waals surface area contributed by atoms with E-state index in [1.165, 1.54) is 37.3 Å². The van der Waals surface area contributed by atoms with E-state index >= 15 is 0 Å². The van der Waals surface area contributed by atoms with Crippen molar-refractivity contribution in [1.29, 1.82) is 5.26 Å². The lowest BCUT2D eigenvalue weighted by atomic mass is 10.0. The molecule has 118 valence electrons. The highest BCUT2D eigenvalue weighted by Gasteiger charge is 2.35.